The third-order valence-corrected chi connectivity index (χ3v) is 5.67. The van der Waals surface area contributed by atoms with E-state index in [1.165, 1.54) is 12.3 Å². The maximum Gasteiger partial charge on any atom is 0.336 e. The van der Waals surface area contributed by atoms with E-state index in [1.807, 2.05) is 72.8 Å². The zero-order valence-corrected chi connectivity index (χ0v) is 21.0. The van der Waals surface area contributed by atoms with Gasteiger partial charge in [-0.1, -0.05) is 76.6 Å². The van der Waals surface area contributed by atoms with E-state index < -0.39 is 18.0 Å². The fourth-order valence-corrected chi connectivity index (χ4v) is 3.72. The Morgan fingerprint density at radius 2 is 1.67 bits per heavy atom. The van der Waals surface area contributed by atoms with Gasteiger partial charge in [0, 0.05) is 16.1 Å². The molecule has 4 aromatic rings. The number of fused-ring (bicyclic) bond motifs is 1. The number of esters is 1. The number of nitrogens with zero attached hydrogens (tertiary/aromatic N) is 1. The van der Waals surface area contributed by atoms with Gasteiger partial charge in [-0.3, -0.25) is 4.79 Å². The molecule has 36 heavy (non-hydrogen) atoms. The molecule has 0 aromatic heterocycles. The number of benzene rings is 4. The lowest BCUT2D eigenvalue weighted by Gasteiger charge is -2.13. The van der Waals surface area contributed by atoms with Gasteiger partial charge in [-0.15, -0.1) is 0 Å². The zero-order chi connectivity index (χ0) is 25.3. The molecule has 0 spiro atoms. The maximum absolute atomic E-state index is 12.5. The number of carbonyl (C=O) groups excluding carboxylic acids is 2. The average molecular weight is 543 g/mol. The largest absolute Gasteiger partial charge is 0.481 e. The molecule has 1 amide bonds. The van der Waals surface area contributed by atoms with Gasteiger partial charge in [-0.05, 0) is 59.7 Å². The number of rotatable bonds is 8. The van der Waals surface area contributed by atoms with Gasteiger partial charge in [-0.25, -0.2) is 10.2 Å². The maximum atomic E-state index is 12.5. The third kappa shape index (κ3) is 6.90. The van der Waals surface area contributed by atoms with Crippen molar-refractivity contribution in [3.63, 3.8) is 0 Å². The molecule has 0 aliphatic rings. The lowest BCUT2D eigenvalue weighted by Crippen LogP contribution is -2.33. The van der Waals surface area contributed by atoms with Crippen molar-refractivity contribution < 1.29 is 19.1 Å². The van der Waals surface area contributed by atoms with E-state index in [-0.39, 0.29) is 0 Å². The van der Waals surface area contributed by atoms with Crippen LogP contribution in [0.3, 0.4) is 0 Å². The van der Waals surface area contributed by atoms with Crippen LogP contribution in [0.25, 0.3) is 16.8 Å². The third-order valence-electron chi connectivity index (χ3n) is 5.18. The van der Waals surface area contributed by atoms with Crippen molar-refractivity contribution >= 4 is 50.9 Å². The Hall–Kier alpha value is -4.23. The van der Waals surface area contributed by atoms with Gasteiger partial charge >= 0.3 is 5.97 Å². The highest BCUT2D eigenvalue weighted by atomic mass is 79.9. The van der Waals surface area contributed by atoms with Crippen LogP contribution in [0.5, 0.6) is 11.5 Å². The first-order valence-corrected chi connectivity index (χ1v) is 12.0. The van der Waals surface area contributed by atoms with Crippen LogP contribution < -0.4 is 14.9 Å². The molecular weight excluding hydrogens is 520 g/mol. The normalized spacial score (nSPS) is 12.1. The van der Waals surface area contributed by atoms with Crippen LogP contribution >= 0.6 is 15.9 Å². The highest BCUT2D eigenvalue weighted by Crippen LogP contribution is 2.23. The molecule has 0 heterocycles. The first kappa shape index (κ1) is 24.9. The summed E-state index contributed by atoms with van der Waals surface area (Å²) in [6.07, 6.45) is 3.67. The van der Waals surface area contributed by atoms with Gasteiger partial charge in [0.15, 0.2) is 6.10 Å². The lowest BCUT2D eigenvalue weighted by atomic mass is 10.1. The lowest BCUT2D eigenvalue weighted by molar-refractivity contribution is -0.129. The van der Waals surface area contributed by atoms with E-state index in [9.17, 15) is 9.59 Å². The molecular formula is C29H23BrN2O4. The molecule has 180 valence electrons. The summed E-state index contributed by atoms with van der Waals surface area (Å²) in [5, 5.41) is 6.14. The molecule has 4 aromatic carbocycles. The van der Waals surface area contributed by atoms with E-state index in [0.717, 1.165) is 20.8 Å². The second kappa shape index (κ2) is 12.0. The monoisotopic (exact) mass is 542 g/mol. The predicted molar refractivity (Wildman–Crippen MR) is 145 cm³/mol. The van der Waals surface area contributed by atoms with Crippen LogP contribution in [0, 0.1) is 0 Å². The van der Waals surface area contributed by atoms with Gasteiger partial charge < -0.3 is 9.47 Å². The summed E-state index contributed by atoms with van der Waals surface area (Å²) in [5.74, 6) is -0.0551. The minimum Gasteiger partial charge on any atom is -0.481 e. The number of amides is 1. The van der Waals surface area contributed by atoms with Gasteiger partial charge in [0.1, 0.15) is 11.5 Å². The van der Waals surface area contributed by atoms with Crippen molar-refractivity contribution in [2.45, 2.75) is 13.0 Å². The Kier molecular flexibility index (Phi) is 8.26. The van der Waals surface area contributed by atoms with Crippen molar-refractivity contribution in [1.29, 1.82) is 0 Å². The molecule has 1 unspecified atom stereocenters. The Labute approximate surface area is 217 Å². The Morgan fingerprint density at radius 1 is 0.917 bits per heavy atom. The molecule has 0 aliphatic heterocycles. The second-order valence-corrected chi connectivity index (χ2v) is 8.77. The van der Waals surface area contributed by atoms with Crippen LogP contribution in [0.4, 0.5) is 0 Å². The Balaban J connectivity index is 1.37. The number of hydrazone groups is 1. The summed E-state index contributed by atoms with van der Waals surface area (Å²) in [7, 11) is 0. The van der Waals surface area contributed by atoms with Gasteiger partial charge in [-0.2, -0.15) is 5.10 Å². The molecule has 1 atom stereocenters. The van der Waals surface area contributed by atoms with E-state index in [2.05, 4.69) is 26.5 Å². The highest BCUT2D eigenvalue weighted by molar-refractivity contribution is 9.10. The van der Waals surface area contributed by atoms with Crippen LogP contribution in [0.1, 0.15) is 18.1 Å². The molecule has 0 saturated heterocycles. The molecule has 0 saturated carbocycles. The topological polar surface area (TPSA) is 77.0 Å². The number of ether oxygens (including phenoxy) is 2. The molecule has 6 nitrogen and oxygen atoms in total. The molecule has 7 heteroatoms. The molecule has 0 bridgehead atoms. The number of nitrogens with one attached hydrogen (secondary N) is 1. The SMILES string of the molecule is CC(Oc1ccc2ccccc2c1)C(=O)NN=Cc1cc(Br)ccc1OC(=O)C=Cc1ccccc1. The van der Waals surface area contributed by atoms with Gasteiger partial charge in [0.2, 0.25) is 0 Å². The van der Waals surface area contributed by atoms with E-state index in [4.69, 9.17) is 9.47 Å². The first-order valence-electron chi connectivity index (χ1n) is 11.2. The minimum atomic E-state index is -0.772. The van der Waals surface area contributed by atoms with Crippen LogP contribution in [-0.4, -0.2) is 24.2 Å². The minimum absolute atomic E-state index is 0.305. The van der Waals surface area contributed by atoms with Crippen LogP contribution in [0.2, 0.25) is 0 Å². The standard InChI is InChI=1S/C29H23BrN2O4/c1-20(35-26-14-12-22-9-5-6-10-23(22)18-26)29(34)32-31-19-24-17-25(30)13-15-27(24)36-28(33)16-11-21-7-3-2-4-8-21/h2-20H,1H3,(H,32,34). The zero-order valence-electron chi connectivity index (χ0n) is 19.4. The highest BCUT2D eigenvalue weighted by Gasteiger charge is 2.14. The molecule has 4 rings (SSSR count). The molecule has 0 radical (unpaired) electrons. The Bertz CT molecular complexity index is 1430. The molecule has 1 N–H and O–H groups in total. The van der Waals surface area contributed by atoms with Crippen molar-refractivity contribution in [2.75, 3.05) is 0 Å². The summed E-state index contributed by atoms with van der Waals surface area (Å²) in [6, 6.07) is 28.1. The summed E-state index contributed by atoms with van der Waals surface area (Å²) >= 11 is 3.40. The molecule has 0 fully saturated rings. The number of hydrogen-bond acceptors (Lipinski definition) is 5. The smallest absolute Gasteiger partial charge is 0.336 e. The van der Waals surface area contributed by atoms with E-state index in [0.29, 0.717) is 17.1 Å². The summed E-state index contributed by atoms with van der Waals surface area (Å²) in [6.45, 7) is 1.64. The predicted octanol–water partition coefficient (Wildman–Crippen LogP) is 6.14. The number of carbonyl (C=O) groups is 2. The van der Waals surface area contributed by atoms with Crippen LogP contribution in [0.15, 0.2) is 107 Å². The van der Waals surface area contributed by atoms with E-state index >= 15 is 0 Å². The van der Waals surface area contributed by atoms with Crippen molar-refractivity contribution in [3.05, 3.63) is 113 Å². The van der Waals surface area contributed by atoms with Gasteiger partial charge in [0.05, 0.1) is 6.21 Å². The summed E-state index contributed by atoms with van der Waals surface area (Å²) in [5.41, 5.74) is 3.86. The second-order valence-electron chi connectivity index (χ2n) is 7.85. The quantitative estimate of drug-likeness (QED) is 0.0953. The Morgan fingerprint density at radius 3 is 2.47 bits per heavy atom. The van der Waals surface area contributed by atoms with Gasteiger partial charge in [0.25, 0.3) is 5.91 Å². The van der Waals surface area contributed by atoms with Crippen molar-refractivity contribution in [1.82, 2.24) is 5.43 Å². The average Bonchev–Trinajstić information content (AvgIpc) is 2.89. The fraction of sp³-hybridized carbons (Fsp3) is 0.0690. The summed E-state index contributed by atoms with van der Waals surface area (Å²) in [4.78, 5) is 24.8. The molecule has 0 aliphatic carbocycles. The fourth-order valence-electron chi connectivity index (χ4n) is 3.34. The van der Waals surface area contributed by atoms with E-state index in [1.54, 1.807) is 31.2 Å². The summed E-state index contributed by atoms with van der Waals surface area (Å²) < 4.78 is 12.0. The van der Waals surface area contributed by atoms with Crippen molar-refractivity contribution in [3.8, 4) is 11.5 Å². The van der Waals surface area contributed by atoms with Crippen LogP contribution in [-0.2, 0) is 9.59 Å². The number of hydrogen-bond donors (Lipinski definition) is 1. The first-order chi connectivity index (χ1) is 17.5. The van der Waals surface area contributed by atoms with Crippen molar-refractivity contribution in [2.24, 2.45) is 5.10 Å². The number of halogens is 1.